The Kier molecular flexibility index (Phi) is 14.3. The van der Waals surface area contributed by atoms with Gasteiger partial charge in [-0.2, -0.15) is 0 Å². The number of aliphatic hydroxyl groups excluding tert-OH is 2. The molecule has 4 nitrogen and oxygen atoms in total. The maximum Gasteiger partial charge on any atom is 0.222 e. The Morgan fingerprint density at radius 1 is 1.09 bits per heavy atom. The second kappa shape index (κ2) is 16.6. The van der Waals surface area contributed by atoms with Gasteiger partial charge in [0.25, 0.3) is 0 Å². The van der Waals surface area contributed by atoms with E-state index < -0.39 is 6.10 Å². The third-order valence-electron chi connectivity index (χ3n) is 8.25. The number of fused-ring (bicyclic) bond motifs is 1. The lowest BCUT2D eigenvalue weighted by Gasteiger charge is -2.22. The molecule has 0 spiro atoms. The number of amides is 1. The van der Waals surface area contributed by atoms with Crippen molar-refractivity contribution in [1.82, 2.24) is 4.90 Å². The molecule has 1 fully saturated rings. The van der Waals surface area contributed by atoms with Crippen molar-refractivity contribution < 1.29 is 15.0 Å². The largest absolute Gasteiger partial charge is 0.392 e. The van der Waals surface area contributed by atoms with E-state index in [4.69, 9.17) is 0 Å². The fourth-order valence-electron chi connectivity index (χ4n) is 6.05. The molecule has 2 rings (SSSR count). The zero-order valence-electron chi connectivity index (χ0n) is 23.3. The fourth-order valence-corrected chi connectivity index (χ4v) is 6.05. The van der Waals surface area contributed by atoms with Gasteiger partial charge in [0, 0.05) is 25.4 Å². The van der Waals surface area contributed by atoms with Crippen LogP contribution in [0.3, 0.4) is 0 Å². The highest BCUT2D eigenvalue weighted by atomic mass is 16.3. The monoisotopic (exact) mass is 489 g/mol. The molecule has 0 heterocycles. The van der Waals surface area contributed by atoms with Gasteiger partial charge in [0.2, 0.25) is 5.91 Å². The smallest absolute Gasteiger partial charge is 0.222 e. The summed E-state index contributed by atoms with van der Waals surface area (Å²) < 4.78 is 0. The average molecular weight is 490 g/mol. The molecule has 1 saturated carbocycles. The molecule has 2 aliphatic carbocycles. The molecule has 0 aromatic heterocycles. The molecular weight excluding hydrogens is 434 g/mol. The van der Waals surface area contributed by atoms with Crippen LogP contribution in [0.5, 0.6) is 0 Å². The van der Waals surface area contributed by atoms with Crippen molar-refractivity contribution in [3.05, 3.63) is 23.8 Å². The van der Waals surface area contributed by atoms with Gasteiger partial charge in [-0.05, 0) is 69.1 Å². The van der Waals surface area contributed by atoms with Gasteiger partial charge in [0.15, 0.2) is 0 Å². The molecule has 202 valence electrons. The van der Waals surface area contributed by atoms with E-state index in [1.165, 1.54) is 24.8 Å². The van der Waals surface area contributed by atoms with Gasteiger partial charge < -0.3 is 15.1 Å². The van der Waals surface area contributed by atoms with Crippen LogP contribution < -0.4 is 0 Å². The van der Waals surface area contributed by atoms with Crippen LogP contribution in [-0.2, 0) is 4.79 Å². The predicted octanol–water partition coefficient (Wildman–Crippen LogP) is 7.05. The van der Waals surface area contributed by atoms with Crippen molar-refractivity contribution in [2.24, 2.45) is 23.7 Å². The molecule has 2 N–H and O–H groups in total. The normalized spacial score (nSPS) is 25.6. The molecule has 0 saturated heterocycles. The number of allylic oxidation sites excluding steroid dienone is 2. The molecule has 4 heteroatoms. The summed E-state index contributed by atoms with van der Waals surface area (Å²) in [6, 6.07) is 0. The minimum absolute atomic E-state index is 0.154. The lowest BCUT2D eigenvalue weighted by atomic mass is 9.88. The van der Waals surface area contributed by atoms with Gasteiger partial charge in [-0.1, -0.05) is 83.6 Å². The Morgan fingerprint density at radius 2 is 1.77 bits per heavy atom. The quantitative estimate of drug-likeness (QED) is 0.160. The summed E-state index contributed by atoms with van der Waals surface area (Å²) in [6.45, 7) is 10.6. The highest BCUT2D eigenvalue weighted by molar-refractivity contribution is 5.76. The summed E-state index contributed by atoms with van der Waals surface area (Å²) in [6.07, 6.45) is 20.3. The van der Waals surface area contributed by atoms with E-state index in [0.717, 1.165) is 77.3 Å². The van der Waals surface area contributed by atoms with Gasteiger partial charge in [-0.15, -0.1) is 0 Å². The summed E-state index contributed by atoms with van der Waals surface area (Å²) >= 11 is 0. The molecular formula is C31H55NO3. The van der Waals surface area contributed by atoms with Crippen LogP contribution in [0.2, 0.25) is 0 Å². The molecule has 1 amide bonds. The number of carbonyl (C=O) groups is 1. The van der Waals surface area contributed by atoms with Gasteiger partial charge in [0.1, 0.15) is 0 Å². The van der Waals surface area contributed by atoms with Crippen LogP contribution in [-0.4, -0.2) is 46.3 Å². The average Bonchev–Trinajstić information content (AvgIpc) is 3.35. The number of rotatable bonds is 18. The molecule has 0 aromatic carbocycles. The second-order valence-corrected chi connectivity index (χ2v) is 11.5. The van der Waals surface area contributed by atoms with Gasteiger partial charge in [-0.25, -0.2) is 0 Å². The van der Waals surface area contributed by atoms with Gasteiger partial charge >= 0.3 is 0 Å². The van der Waals surface area contributed by atoms with E-state index in [0.29, 0.717) is 30.1 Å². The Labute approximate surface area is 216 Å². The highest BCUT2D eigenvalue weighted by Gasteiger charge is 2.43. The first-order valence-electron chi connectivity index (χ1n) is 14.9. The Bertz CT molecular complexity index is 650. The Balaban J connectivity index is 1.74. The summed E-state index contributed by atoms with van der Waals surface area (Å²) in [5, 5.41) is 21.1. The molecule has 2 aliphatic rings. The van der Waals surface area contributed by atoms with Gasteiger partial charge in [-0.3, -0.25) is 4.79 Å². The number of carbonyl (C=O) groups excluding carboxylic acids is 1. The summed E-state index contributed by atoms with van der Waals surface area (Å²) in [5.41, 5.74) is 1.51. The number of hydrogen-bond acceptors (Lipinski definition) is 3. The minimum atomic E-state index is -0.409. The molecule has 0 bridgehead atoms. The van der Waals surface area contributed by atoms with Crippen molar-refractivity contribution in [3.63, 3.8) is 0 Å². The summed E-state index contributed by atoms with van der Waals surface area (Å²) in [7, 11) is 0. The number of aliphatic hydroxyl groups is 2. The van der Waals surface area contributed by atoms with E-state index in [1.54, 1.807) is 0 Å². The van der Waals surface area contributed by atoms with E-state index in [2.05, 4.69) is 44.7 Å². The second-order valence-electron chi connectivity index (χ2n) is 11.5. The molecule has 0 unspecified atom stereocenters. The van der Waals surface area contributed by atoms with Crippen molar-refractivity contribution >= 4 is 5.91 Å². The summed E-state index contributed by atoms with van der Waals surface area (Å²) in [4.78, 5) is 14.8. The third-order valence-corrected chi connectivity index (χ3v) is 8.25. The van der Waals surface area contributed by atoms with Crippen LogP contribution in [0.4, 0.5) is 0 Å². The molecule has 0 aliphatic heterocycles. The first-order chi connectivity index (χ1) is 16.9. The van der Waals surface area contributed by atoms with Crippen LogP contribution in [0.25, 0.3) is 0 Å². The first-order valence-corrected chi connectivity index (χ1v) is 14.9. The molecule has 6 atom stereocenters. The van der Waals surface area contributed by atoms with Crippen molar-refractivity contribution in [2.75, 3.05) is 13.1 Å². The number of nitrogens with zero attached hydrogens (tertiary/aromatic N) is 1. The minimum Gasteiger partial charge on any atom is -0.392 e. The SMILES string of the molecule is CCCC[C@H](C)C[C@H](O)C=C[C@@H]1[C@H]2CC(CCCCC(=O)N(CCCC)CCCC)=C[C@H]2C[C@H]1O. The first kappa shape index (κ1) is 30.1. The Morgan fingerprint density at radius 3 is 2.43 bits per heavy atom. The molecule has 0 radical (unpaired) electrons. The summed E-state index contributed by atoms with van der Waals surface area (Å²) in [5.74, 6) is 1.96. The van der Waals surface area contributed by atoms with E-state index in [9.17, 15) is 15.0 Å². The van der Waals surface area contributed by atoms with Crippen LogP contribution >= 0.6 is 0 Å². The van der Waals surface area contributed by atoms with Crippen LogP contribution in [0, 0.1) is 23.7 Å². The number of hydrogen-bond donors (Lipinski definition) is 2. The Hall–Kier alpha value is -1.13. The third kappa shape index (κ3) is 10.4. The molecule has 35 heavy (non-hydrogen) atoms. The predicted molar refractivity (Wildman–Crippen MR) is 147 cm³/mol. The van der Waals surface area contributed by atoms with Crippen molar-refractivity contribution in [2.45, 2.75) is 130 Å². The van der Waals surface area contributed by atoms with Crippen molar-refractivity contribution in [1.29, 1.82) is 0 Å². The lowest BCUT2D eigenvalue weighted by molar-refractivity contribution is -0.131. The number of unbranched alkanes of at least 4 members (excludes halogenated alkanes) is 4. The fraction of sp³-hybridized carbons (Fsp3) is 0.839. The van der Waals surface area contributed by atoms with Crippen LogP contribution in [0.1, 0.15) is 118 Å². The zero-order chi connectivity index (χ0) is 25.6. The lowest BCUT2D eigenvalue weighted by Crippen LogP contribution is -2.32. The highest BCUT2D eigenvalue weighted by Crippen LogP contribution is 2.48. The van der Waals surface area contributed by atoms with E-state index in [-0.39, 0.29) is 12.0 Å². The maximum atomic E-state index is 12.7. The standard InChI is InChI=1S/C31H55NO3/c1-5-8-13-24(4)20-27(33)16-17-28-29-22-25(21-26(29)23-30(28)34)14-11-12-15-31(35)32(18-9-6-2)19-10-7-3/h16-17,21,24,26-30,33-34H,5-15,18-20,22-23H2,1-4H3/t24-,26-,27+,28+,29-,30+/m0/s1. The van der Waals surface area contributed by atoms with E-state index >= 15 is 0 Å². The maximum absolute atomic E-state index is 12.7. The topological polar surface area (TPSA) is 60.8 Å². The van der Waals surface area contributed by atoms with Crippen LogP contribution in [0.15, 0.2) is 23.8 Å². The molecule has 0 aromatic rings. The zero-order valence-corrected chi connectivity index (χ0v) is 23.3. The van der Waals surface area contributed by atoms with Gasteiger partial charge in [0.05, 0.1) is 12.2 Å². The van der Waals surface area contributed by atoms with Crippen molar-refractivity contribution in [3.8, 4) is 0 Å². The van der Waals surface area contributed by atoms with E-state index in [1.807, 2.05) is 6.08 Å².